The fourth-order valence-corrected chi connectivity index (χ4v) is 3.44. The summed E-state index contributed by atoms with van der Waals surface area (Å²) >= 11 is 5.27. The Hall–Kier alpha value is -1.65. The van der Waals surface area contributed by atoms with Crippen molar-refractivity contribution in [1.82, 2.24) is 4.98 Å². The molecule has 0 amide bonds. The Morgan fingerprint density at radius 2 is 1.95 bits per heavy atom. The highest BCUT2D eigenvalue weighted by Gasteiger charge is 2.05. The van der Waals surface area contributed by atoms with Crippen LogP contribution in [0.25, 0.3) is 11.3 Å². The minimum atomic E-state index is 0.735. The van der Waals surface area contributed by atoms with E-state index in [9.17, 15) is 0 Å². The lowest BCUT2D eigenvalue weighted by atomic mass is 10.2. The van der Waals surface area contributed by atoms with E-state index in [1.165, 1.54) is 5.56 Å². The van der Waals surface area contributed by atoms with Gasteiger partial charge in [-0.2, -0.15) is 0 Å². The van der Waals surface area contributed by atoms with Crippen molar-refractivity contribution in [1.29, 1.82) is 0 Å². The molecule has 2 aromatic carbocycles. The number of benzene rings is 2. The molecule has 0 radical (unpaired) electrons. The first-order chi connectivity index (χ1) is 10.2. The number of aryl methyl sites for hydroxylation is 1. The van der Waals surface area contributed by atoms with Crippen molar-refractivity contribution in [3.63, 3.8) is 0 Å². The third-order valence-electron chi connectivity index (χ3n) is 3.18. The van der Waals surface area contributed by atoms with Gasteiger partial charge in [-0.05, 0) is 40.5 Å². The van der Waals surface area contributed by atoms with Gasteiger partial charge in [0.25, 0.3) is 0 Å². The first kappa shape index (κ1) is 14.3. The molecule has 4 heteroatoms. The van der Waals surface area contributed by atoms with Crippen LogP contribution in [-0.4, -0.2) is 4.98 Å². The Bertz CT molecular complexity index is 738. The molecular weight excluding hydrogens is 344 g/mol. The molecule has 2 nitrogen and oxygen atoms in total. The van der Waals surface area contributed by atoms with Crippen molar-refractivity contribution in [2.24, 2.45) is 0 Å². The normalized spacial score (nSPS) is 10.6. The number of anilines is 1. The standard InChI is InChI=1S/C17H15BrN2S/c1-12-7-8-15(14(18)9-12)19-10-17-20-16(11-21-17)13-5-3-2-4-6-13/h2-9,11,19H,10H2,1H3. The molecule has 0 aliphatic heterocycles. The summed E-state index contributed by atoms with van der Waals surface area (Å²) in [5.41, 5.74) is 4.54. The molecule has 0 aliphatic carbocycles. The lowest BCUT2D eigenvalue weighted by Crippen LogP contribution is -1.99. The minimum Gasteiger partial charge on any atom is -0.378 e. The molecule has 21 heavy (non-hydrogen) atoms. The molecule has 106 valence electrons. The molecule has 1 aromatic heterocycles. The van der Waals surface area contributed by atoms with Crippen LogP contribution in [0.5, 0.6) is 0 Å². The first-order valence-corrected chi connectivity index (χ1v) is 8.39. The van der Waals surface area contributed by atoms with E-state index in [0.717, 1.165) is 33.0 Å². The van der Waals surface area contributed by atoms with Gasteiger partial charge in [0.05, 0.1) is 12.2 Å². The number of hydrogen-bond donors (Lipinski definition) is 1. The van der Waals surface area contributed by atoms with Crippen LogP contribution in [0.2, 0.25) is 0 Å². The molecule has 0 aliphatic rings. The van der Waals surface area contributed by atoms with Gasteiger partial charge in [-0.25, -0.2) is 4.98 Å². The lowest BCUT2D eigenvalue weighted by molar-refractivity contribution is 1.10. The van der Waals surface area contributed by atoms with E-state index < -0.39 is 0 Å². The van der Waals surface area contributed by atoms with Gasteiger partial charge in [-0.3, -0.25) is 0 Å². The maximum atomic E-state index is 4.68. The number of hydrogen-bond acceptors (Lipinski definition) is 3. The molecule has 3 aromatic rings. The summed E-state index contributed by atoms with van der Waals surface area (Å²) in [4.78, 5) is 4.68. The SMILES string of the molecule is Cc1ccc(NCc2nc(-c3ccccc3)cs2)c(Br)c1. The summed E-state index contributed by atoms with van der Waals surface area (Å²) in [6.07, 6.45) is 0. The Morgan fingerprint density at radius 3 is 2.71 bits per heavy atom. The molecule has 0 spiro atoms. The minimum absolute atomic E-state index is 0.735. The molecule has 1 heterocycles. The number of nitrogens with zero attached hydrogens (tertiary/aromatic N) is 1. The van der Waals surface area contributed by atoms with Crippen LogP contribution in [0.4, 0.5) is 5.69 Å². The Balaban J connectivity index is 1.70. The third kappa shape index (κ3) is 3.52. The van der Waals surface area contributed by atoms with E-state index in [-0.39, 0.29) is 0 Å². The van der Waals surface area contributed by atoms with E-state index in [0.29, 0.717) is 0 Å². The van der Waals surface area contributed by atoms with Gasteiger partial charge in [0, 0.05) is 21.1 Å². The monoisotopic (exact) mass is 358 g/mol. The number of nitrogens with one attached hydrogen (secondary N) is 1. The lowest BCUT2D eigenvalue weighted by Gasteiger charge is -2.07. The second-order valence-electron chi connectivity index (χ2n) is 4.83. The van der Waals surface area contributed by atoms with Crippen molar-refractivity contribution in [2.75, 3.05) is 5.32 Å². The van der Waals surface area contributed by atoms with Gasteiger partial charge in [0.15, 0.2) is 0 Å². The maximum absolute atomic E-state index is 4.68. The van der Waals surface area contributed by atoms with Crippen molar-refractivity contribution < 1.29 is 0 Å². The zero-order valence-corrected chi connectivity index (χ0v) is 14.0. The van der Waals surface area contributed by atoms with Gasteiger partial charge in [0.2, 0.25) is 0 Å². The van der Waals surface area contributed by atoms with Gasteiger partial charge in [-0.1, -0.05) is 36.4 Å². The molecule has 0 atom stereocenters. The average molecular weight is 359 g/mol. The molecule has 0 fully saturated rings. The van der Waals surface area contributed by atoms with E-state index >= 15 is 0 Å². The van der Waals surface area contributed by atoms with Crippen molar-refractivity contribution in [3.8, 4) is 11.3 Å². The van der Waals surface area contributed by atoms with Crippen molar-refractivity contribution in [3.05, 3.63) is 69.0 Å². The molecule has 1 N–H and O–H groups in total. The third-order valence-corrected chi connectivity index (χ3v) is 4.68. The van der Waals surface area contributed by atoms with E-state index in [1.54, 1.807) is 11.3 Å². The highest BCUT2D eigenvalue weighted by molar-refractivity contribution is 9.10. The van der Waals surface area contributed by atoms with E-state index in [1.807, 2.05) is 18.2 Å². The topological polar surface area (TPSA) is 24.9 Å². The molecule has 3 rings (SSSR count). The smallest absolute Gasteiger partial charge is 0.112 e. The van der Waals surface area contributed by atoms with E-state index in [2.05, 4.69) is 68.9 Å². The Labute approximate surface area is 137 Å². The van der Waals surface area contributed by atoms with Gasteiger partial charge < -0.3 is 5.32 Å². The Morgan fingerprint density at radius 1 is 1.14 bits per heavy atom. The summed E-state index contributed by atoms with van der Waals surface area (Å²) in [6, 6.07) is 16.6. The number of aromatic nitrogens is 1. The van der Waals surface area contributed by atoms with Crippen LogP contribution in [0.15, 0.2) is 58.4 Å². The van der Waals surface area contributed by atoms with Gasteiger partial charge in [-0.15, -0.1) is 11.3 Å². The summed E-state index contributed by atoms with van der Waals surface area (Å²) in [6.45, 7) is 2.82. The average Bonchev–Trinajstić information content (AvgIpc) is 2.96. The van der Waals surface area contributed by atoms with Crippen LogP contribution in [0, 0.1) is 6.92 Å². The zero-order valence-electron chi connectivity index (χ0n) is 11.6. The molecule has 0 saturated carbocycles. The van der Waals surface area contributed by atoms with Crippen LogP contribution in [0.3, 0.4) is 0 Å². The molecule has 0 unspecified atom stereocenters. The summed E-state index contributed by atoms with van der Waals surface area (Å²) in [5.74, 6) is 0. The largest absolute Gasteiger partial charge is 0.378 e. The highest BCUT2D eigenvalue weighted by Crippen LogP contribution is 2.25. The first-order valence-electron chi connectivity index (χ1n) is 6.72. The van der Waals surface area contributed by atoms with Crippen molar-refractivity contribution >= 4 is 33.0 Å². The molecule has 0 saturated heterocycles. The second-order valence-corrected chi connectivity index (χ2v) is 6.63. The summed E-state index contributed by atoms with van der Waals surface area (Å²) in [7, 11) is 0. The van der Waals surface area contributed by atoms with Crippen LogP contribution in [0.1, 0.15) is 10.6 Å². The van der Waals surface area contributed by atoms with Crippen LogP contribution >= 0.6 is 27.3 Å². The summed E-state index contributed by atoms with van der Waals surface area (Å²) in [5, 5.41) is 6.61. The highest BCUT2D eigenvalue weighted by atomic mass is 79.9. The Kier molecular flexibility index (Phi) is 4.36. The zero-order chi connectivity index (χ0) is 14.7. The van der Waals surface area contributed by atoms with Gasteiger partial charge in [0.1, 0.15) is 5.01 Å². The fourth-order valence-electron chi connectivity index (χ4n) is 2.07. The van der Waals surface area contributed by atoms with Crippen molar-refractivity contribution in [2.45, 2.75) is 13.5 Å². The van der Waals surface area contributed by atoms with Crippen LogP contribution in [-0.2, 0) is 6.54 Å². The number of halogens is 1. The quantitative estimate of drug-likeness (QED) is 0.666. The predicted octanol–water partition coefficient (Wildman–Crippen LogP) is 5.49. The number of rotatable bonds is 4. The molecular formula is C17H15BrN2S. The van der Waals surface area contributed by atoms with Crippen LogP contribution < -0.4 is 5.32 Å². The second kappa shape index (κ2) is 6.41. The van der Waals surface area contributed by atoms with Gasteiger partial charge >= 0.3 is 0 Å². The predicted molar refractivity (Wildman–Crippen MR) is 93.8 cm³/mol. The number of thiazole rings is 1. The van der Waals surface area contributed by atoms with E-state index in [4.69, 9.17) is 0 Å². The fraction of sp³-hybridized carbons (Fsp3) is 0.118. The molecule has 0 bridgehead atoms. The maximum Gasteiger partial charge on any atom is 0.112 e. The summed E-state index contributed by atoms with van der Waals surface area (Å²) < 4.78 is 1.09.